The van der Waals surface area contributed by atoms with Crippen molar-refractivity contribution in [2.45, 2.75) is 32.4 Å². The third-order valence-corrected chi connectivity index (χ3v) is 4.15. The number of hydrogen-bond acceptors (Lipinski definition) is 5. The Bertz CT molecular complexity index is 348. The lowest BCUT2D eigenvalue weighted by molar-refractivity contribution is 0.180. The van der Waals surface area contributed by atoms with Gasteiger partial charge in [0.25, 0.3) is 0 Å². The summed E-state index contributed by atoms with van der Waals surface area (Å²) < 4.78 is 10.6. The first-order chi connectivity index (χ1) is 8.35. The molecule has 1 N–H and O–H groups in total. The van der Waals surface area contributed by atoms with Gasteiger partial charge in [-0.15, -0.1) is 11.3 Å². The van der Waals surface area contributed by atoms with Crippen LogP contribution in [0.25, 0.3) is 0 Å². The van der Waals surface area contributed by atoms with E-state index in [0.717, 1.165) is 38.4 Å². The zero-order chi connectivity index (χ0) is 12.1. The van der Waals surface area contributed by atoms with E-state index in [1.165, 1.54) is 9.88 Å². The Morgan fingerprint density at radius 1 is 1.59 bits per heavy atom. The fourth-order valence-electron chi connectivity index (χ4n) is 1.93. The smallest absolute Gasteiger partial charge is 0.0987 e. The summed E-state index contributed by atoms with van der Waals surface area (Å²) in [5.41, 5.74) is 1.08. The van der Waals surface area contributed by atoms with Crippen molar-refractivity contribution in [1.82, 2.24) is 10.3 Å². The zero-order valence-corrected chi connectivity index (χ0v) is 11.3. The highest BCUT2D eigenvalue weighted by Crippen LogP contribution is 2.31. The Kier molecular flexibility index (Phi) is 4.91. The Morgan fingerprint density at radius 3 is 3.12 bits per heavy atom. The maximum atomic E-state index is 5.42. The van der Waals surface area contributed by atoms with E-state index in [2.05, 4.69) is 12.2 Å². The summed E-state index contributed by atoms with van der Waals surface area (Å²) in [4.78, 5) is 6.01. The molecule has 0 saturated carbocycles. The summed E-state index contributed by atoms with van der Waals surface area (Å²) in [6.45, 7) is 6.27. The number of nitrogens with zero attached hydrogens (tertiary/aromatic N) is 1. The molecule has 0 radical (unpaired) electrons. The number of methoxy groups -OCH3 is 1. The van der Waals surface area contributed by atoms with E-state index in [1.54, 1.807) is 18.4 Å². The van der Waals surface area contributed by atoms with Crippen molar-refractivity contribution in [1.29, 1.82) is 0 Å². The van der Waals surface area contributed by atoms with Crippen LogP contribution in [0.5, 0.6) is 0 Å². The average Bonchev–Trinajstić information content (AvgIpc) is 2.95. The van der Waals surface area contributed by atoms with Crippen LogP contribution in [0.2, 0.25) is 0 Å². The molecule has 5 heteroatoms. The highest BCUT2D eigenvalue weighted by molar-refractivity contribution is 7.11. The van der Waals surface area contributed by atoms with Crippen LogP contribution in [-0.4, -0.2) is 31.9 Å². The van der Waals surface area contributed by atoms with Gasteiger partial charge in [0.15, 0.2) is 0 Å². The van der Waals surface area contributed by atoms with E-state index in [-0.39, 0.29) is 0 Å². The van der Waals surface area contributed by atoms with Crippen LogP contribution in [-0.2, 0) is 22.6 Å². The Balaban J connectivity index is 2.11. The molecule has 4 nitrogen and oxygen atoms in total. The van der Waals surface area contributed by atoms with Gasteiger partial charge < -0.3 is 14.8 Å². The molecule has 0 aromatic carbocycles. The molecule has 0 amide bonds. The van der Waals surface area contributed by atoms with Crippen LogP contribution in [0.15, 0.2) is 0 Å². The molecule has 17 heavy (non-hydrogen) atoms. The molecule has 1 aromatic heterocycles. The minimum atomic E-state index is 0.492. The third kappa shape index (κ3) is 3.25. The molecule has 1 aliphatic rings. The molecule has 1 atom stereocenters. The van der Waals surface area contributed by atoms with Crippen LogP contribution < -0.4 is 5.32 Å². The van der Waals surface area contributed by atoms with E-state index in [0.29, 0.717) is 12.5 Å². The molecule has 0 spiro atoms. The van der Waals surface area contributed by atoms with Gasteiger partial charge in [0.1, 0.15) is 0 Å². The molecule has 0 aliphatic carbocycles. The van der Waals surface area contributed by atoms with Gasteiger partial charge >= 0.3 is 0 Å². The summed E-state index contributed by atoms with van der Waals surface area (Å²) in [6.07, 6.45) is 1.10. The number of aromatic nitrogens is 1. The summed E-state index contributed by atoms with van der Waals surface area (Å²) >= 11 is 1.80. The fraction of sp³-hybridized carbons (Fsp3) is 0.750. The predicted molar refractivity (Wildman–Crippen MR) is 68.4 cm³/mol. The lowest BCUT2D eigenvalue weighted by atomic mass is 10.1. The Labute approximate surface area is 106 Å². The van der Waals surface area contributed by atoms with Gasteiger partial charge in [0.05, 0.1) is 23.9 Å². The highest BCUT2D eigenvalue weighted by atomic mass is 32.1. The number of rotatable bonds is 6. The largest absolute Gasteiger partial charge is 0.381 e. The first-order valence-electron chi connectivity index (χ1n) is 6.11. The van der Waals surface area contributed by atoms with E-state index >= 15 is 0 Å². The second-order valence-corrected chi connectivity index (χ2v) is 5.31. The molecular weight excluding hydrogens is 236 g/mol. The summed E-state index contributed by atoms with van der Waals surface area (Å²) in [6, 6.07) is 0. The van der Waals surface area contributed by atoms with Gasteiger partial charge in [0, 0.05) is 31.1 Å². The lowest BCUT2D eigenvalue weighted by Crippen LogP contribution is -2.12. The van der Waals surface area contributed by atoms with Crippen molar-refractivity contribution >= 4 is 11.3 Å². The second kappa shape index (κ2) is 6.44. The van der Waals surface area contributed by atoms with Crippen molar-refractivity contribution in [2.24, 2.45) is 0 Å². The number of ether oxygens (including phenoxy) is 2. The van der Waals surface area contributed by atoms with Gasteiger partial charge in [-0.25, -0.2) is 4.98 Å². The van der Waals surface area contributed by atoms with Crippen LogP contribution >= 0.6 is 11.3 Å². The number of nitrogens with one attached hydrogen (secondary N) is 1. The lowest BCUT2D eigenvalue weighted by Gasteiger charge is -2.01. The summed E-state index contributed by atoms with van der Waals surface area (Å²) in [5, 5.41) is 4.56. The first kappa shape index (κ1) is 13.0. The third-order valence-electron chi connectivity index (χ3n) is 2.89. The maximum absolute atomic E-state index is 5.42. The molecule has 0 bridgehead atoms. The number of thiazole rings is 1. The van der Waals surface area contributed by atoms with E-state index in [4.69, 9.17) is 14.5 Å². The van der Waals surface area contributed by atoms with Crippen molar-refractivity contribution < 1.29 is 9.47 Å². The molecule has 2 rings (SSSR count). The monoisotopic (exact) mass is 256 g/mol. The minimum Gasteiger partial charge on any atom is -0.381 e. The van der Waals surface area contributed by atoms with Gasteiger partial charge in [0.2, 0.25) is 0 Å². The van der Waals surface area contributed by atoms with Crippen LogP contribution in [0.1, 0.15) is 34.8 Å². The second-order valence-electron chi connectivity index (χ2n) is 4.20. The first-order valence-corrected chi connectivity index (χ1v) is 6.92. The molecule has 1 unspecified atom stereocenters. The van der Waals surface area contributed by atoms with E-state index in [9.17, 15) is 0 Å². The van der Waals surface area contributed by atoms with Crippen molar-refractivity contribution in [3.05, 3.63) is 15.6 Å². The van der Waals surface area contributed by atoms with E-state index < -0.39 is 0 Å². The summed E-state index contributed by atoms with van der Waals surface area (Å²) in [5.74, 6) is 0.492. The SMILES string of the molecule is CCNCc1sc(C2CCOC2)nc1COC. The van der Waals surface area contributed by atoms with Crippen molar-refractivity contribution in [3.8, 4) is 0 Å². The van der Waals surface area contributed by atoms with Crippen molar-refractivity contribution in [3.63, 3.8) is 0 Å². The van der Waals surface area contributed by atoms with Crippen molar-refractivity contribution in [2.75, 3.05) is 26.9 Å². The van der Waals surface area contributed by atoms with Crippen LogP contribution in [0.3, 0.4) is 0 Å². The van der Waals surface area contributed by atoms with Gasteiger partial charge in [-0.3, -0.25) is 0 Å². The number of hydrogen-bond donors (Lipinski definition) is 1. The standard InChI is InChI=1S/C12H20N2O2S/c1-3-13-6-11-10(8-15-2)14-12(17-11)9-4-5-16-7-9/h9,13H,3-8H2,1-2H3. The molecular formula is C12H20N2O2S. The Hall–Kier alpha value is -0.490. The Morgan fingerprint density at radius 2 is 2.47 bits per heavy atom. The average molecular weight is 256 g/mol. The van der Waals surface area contributed by atoms with Gasteiger partial charge in [-0.2, -0.15) is 0 Å². The van der Waals surface area contributed by atoms with E-state index in [1.807, 2.05) is 0 Å². The molecule has 1 aliphatic heterocycles. The summed E-state index contributed by atoms with van der Waals surface area (Å²) in [7, 11) is 1.72. The molecule has 1 fully saturated rings. The van der Waals surface area contributed by atoms with Gasteiger partial charge in [-0.1, -0.05) is 6.92 Å². The maximum Gasteiger partial charge on any atom is 0.0987 e. The minimum absolute atomic E-state index is 0.492. The molecule has 1 aromatic rings. The zero-order valence-electron chi connectivity index (χ0n) is 10.5. The molecule has 96 valence electrons. The predicted octanol–water partition coefficient (Wildman–Crippen LogP) is 1.90. The molecule has 2 heterocycles. The van der Waals surface area contributed by atoms with Crippen LogP contribution in [0, 0.1) is 0 Å². The topological polar surface area (TPSA) is 43.4 Å². The normalized spacial score (nSPS) is 20.0. The van der Waals surface area contributed by atoms with Gasteiger partial charge in [-0.05, 0) is 13.0 Å². The highest BCUT2D eigenvalue weighted by Gasteiger charge is 2.23. The quantitative estimate of drug-likeness (QED) is 0.844. The molecule has 1 saturated heterocycles. The van der Waals surface area contributed by atoms with Crippen LogP contribution in [0.4, 0.5) is 0 Å². The fourth-order valence-corrected chi connectivity index (χ4v) is 3.09.